The monoisotopic (exact) mass is 374 g/mol. The largest absolute Gasteiger partial charge is 0.444 e. The number of carbonyl (C=O) groups excluding carboxylic acids is 1. The Morgan fingerprint density at radius 2 is 2.07 bits per heavy atom. The molecule has 1 aromatic heterocycles. The van der Waals surface area contributed by atoms with Crippen molar-refractivity contribution >= 4 is 6.09 Å². The van der Waals surface area contributed by atoms with Gasteiger partial charge in [0.2, 0.25) is 0 Å². The molecule has 1 saturated carbocycles. The standard InChI is InChI=1S/C21H34N4O2/c1-15(23-20(26)27-21(2,3)4)13-25-11-10-18-17(14-25)12-22-19(24-18)16-8-6-5-7-9-16/h12,15-16H,5-11,13-14H2,1-4H3,(H,23,26). The molecular weight excluding hydrogens is 340 g/mol. The van der Waals surface area contributed by atoms with Crippen LogP contribution >= 0.6 is 0 Å². The highest BCUT2D eigenvalue weighted by Crippen LogP contribution is 2.31. The van der Waals surface area contributed by atoms with Gasteiger partial charge in [0.25, 0.3) is 0 Å². The lowest BCUT2D eigenvalue weighted by atomic mass is 9.88. The molecule has 1 unspecified atom stereocenters. The summed E-state index contributed by atoms with van der Waals surface area (Å²) in [6, 6.07) is 0.0313. The van der Waals surface area contributed by atoms with Crippen LogP contribution in [0.4, 0.5) is 4.79 Å². The average Bonchev–Trinajstić information content (AvgIpc) is 2.60. The Labute approximate surface area is 163 Å². The highest BCUT2D eigenvalue weighted by Gasteiger charge is 2.24. The number of hydrogen-bond donors (Lipinski definition) is 1. The van der Waals surface area contributed by atoms with Crippen molar-refractivity contribution in [2.45, 2.75) is 90.3 Å². The van der Waals surface area contributed by atoms with Crippen molar-refractivity contribution in [3.05, 3.63) is 23.3 Å². The highest BCUT2D eigenvalue weighted by molar-refractivity contribution is 5.68. The van der Waals surface area contributed by atoms with Gasteiger partial charge in [0.05, 0.1) is 0 Å². The van der Waals surface area contributed by atoms with Gasteiger partial charge in [0.15, 0.2) is 0 Å². The van der Waals surface area contributed by atoms with Crippen molar-refractivity contribution in [1.29, 1.82) is 0 Å². The Hall–Kier alpha value is -1.69. The number of carbonyl (C=O) groups is 1. The third kappa shape index (κ3) is 5.89. The topological polar surface area (TPSA) is 67.4 Å². The van der Waals surface area contributed by atoms with Crippen LogP contribution in [-0.2, 0) is 17.7 Å². The normalized spacial score (nSPS) is 20.0. The van der Waals surface area contributed by atoms with Gasteiger partial charge in [0, 0.05) is 55.5 Å². The lowest BCUT2D eigenvalue weighted by Crippen LogP contribution is -2.45. The van der Waals surface area contributed by atoms with Crippen molar-refractivity contribution in [2.75, 3.05) is 13.1 Å². The van der Waals surface area contributed by atoms with E-state index < -0.39 is 5.60 Å². The minimum absolute atomic E-state index is 0.0313. The lowest BCUT2D eigenvalue weighted by molar-refractivity contribution is 0.0495. The van der Waals surface area contributed by atoms with E-state index in [4.69, 9.17) is 14.7 Å². The molecular formula is C21H34N4O2. The summed E-state index contributed by atoms with van der Waals surface area (Å²) in [7, 11) is 0. The van der Waals surface area contributed by atoms with Gasteiger partial charge in [-0.1, -0.05) is 19.3 Å². The fourth-order valence-corrected chi connectivity index (χ4v) is 4.05. The van der Waals surface area contributed by atoms with E-state index in [1.165, 1.54) is 43.4 Å². The van der Waals surface area contributed by atoms with Crippen molar-refractivity contribution < 1.29 is 9.53 Å². The molecule has 0 spiro atoms. The summed E-state index contributed by atoms with van der Waals surface area (Å²) in [6.07, 6.45) is 9.07. The molecule has 6 nitrogen and oxygen atoms in total. The summed E-state index contributed by atoms with van der Waals surface area (Å²) < 4.78 is 5.34. The second-order valence-corrected chi connectivity index (χ2v) is 9.07. The molecule has 1 atom stereocenters. The maximum atomic E-state index is 11.9. The minimum Gasteiger partial charge on any atom is -0.444 e. The van der Waals surface area contributed by atoms with Crippen LogP contribution in [0.1, 0.15) is 82.8 Å². The van der Waals surface area contributed by atoms with Gasteiger partial charge in [-0.2, -0.15) is 0 Å². The summed E-state index contributed by atoms with van der Waals surface area (Å²) in [6.45, 7) is 10.3. The molecule has 3 rings (SSSR count). The average molecular weight is 375 g/mol. The highest BCUT2D eigenvalue weighted by atomic mass is 16.6. The fourth-order valence-electron chi connectivity index (χ4n) is 4.05. The summed E-state index contributed by atoms with van der Waals surface area (Å²) in [4.78, 5) is 23.9. The van der Waals surface area contributed by atoms with Crippen molar-refractivity contribution in [2.24, 2.45) is 0 Å². The number of fused-ring (bicyclic) bond motifs is 1. The van der Waals surface area contributed by atoms with Gasteiger partial charge in [-0.15, -0.1) is 0 Å². The first kappa shape index (κ1) is 20.1. The van der Waals surface area contributed by atoms with Crippen LogP contribution in [0.25, 0.3) is 0 Å². The number of aromatic nitrogens is 2. The zero-order chi connectivity index (χ0) is 19.4. The van der Waals surface area contributed by atoms with Crippen LogP contribution in [-0.4, -0.2) is 45.7 Å². The van der Waals surface area contributed by atoms with Crippen LogP contribution in [0.5, 0.6) is 0 Å². The molecule has 1 aromatic rings. The quantitative estimate of drug-likeness (QED) is 0.868. The molecule has 1 aliphatic carbocycles. The second kappa shape index (κ2) is 8.55. The van der Waals surface area contributed by atoms with Crippen LogP contribution in [0.2, 0.25) is 0 Å². The molecule has 1 aliphatic heterocycles. The van der Waals surface area contributed by atoms with E-state index in [0.29, 0.717) is 5.92 Å². The molecule has 27 heavy (non-hydrogen) atoms. The lowest BCUT2D eigenvalue weighted by Gasteiger charge is -2.31. The summed E-state index contributed by atoms with van der Waals surface area (Å²) in [5.74, 6) is 1.61. The van der Waals surface area contributed by atoms with E-state index in [1.54, 1.807) is 0 Å². The molecule has 0 bridgehead atoms. The number of amides is 1. The molecule has 2 aliphatic rings. The Kier molecular flexibility index (Phi) is 6.35. The zero-order valence-corrected chi connectivity index (χ0v) is 17.3. The minimum atomic E-state index is -0.471. The van der Waals surface area contributed by atoms with Crippen LogP contribution in [0.15, 0.2) is 6.20 Å². The van der Waals surface area contributed by atoms with Gasteiger partial charge >= 0.3 is 6.09 Å². The zero-order valence-electron chi connectivity index (χ0n) is 17.3. The van der Waals surface area contributed by atoms with Crippen molar-refractivity contribution in [3.63, 3.8) is 0 Å². The second-order valence-electron chi connectivity index (χ2n) is 9.07. The Bertz CT molecular complexity index is 650. The van der Waals surface area contributed by atoms with Gasteiger partial charge in [0.1, 0.15) is 11.4 Å². The Morgan fingerprint density at radius 3 is 2.78 bits per heavy atom. The Balaban J connectivity index is 1.53. The van der Waals surface area contributed by atoms with E-state index in [1.807, 2.05) is 33.9 Å². The van der Waals surface area contributed by atoms with E-state index in [-0.39, 0.29) is 12.1 Å². The predicted octanol–water partition coefficient (Wildman–Crippen LogP) is 3.80. The fraction of sp³-hybridized carbons (Fsp3) is 0.762. The first-order valence-electron chi connectivity index (χ1n) is 10.4. The van der Waals surface area contributed by atoms with Gasteiger partial charge in [-0.3, -0.25) is 4.90 Å². The number of nitrogens with one attached hydrogen (secondary N) is 1. The maximum Gasteiger partial charge on any atom is 0.407 e. The van der Waals surface area contributed by atoms with Crippen molar-refractivity contribution in [1.82, 2.24) is 20.2 Å². The summed E-state index contributed by atoms with van der Waals surface area (Å²) in [5.41, 5.74) is 1.97. The van der Waals surface area contributed by atoms with Gasteiger partial charge < -0.3 is 10.1 Å². The van der Waals surface area contributed by atoms with Crippen LogP contribution < -0.4 is 5.32 Å². The number of nitrogens with zero attached hydrogens (tertiary/aromatic N) is 3. The first-order chi connectivity index (χ1) is 12.8. The van der Waals surface area contributed by atoms with Crippen LogP contribution in [0, 0.1) is 0 Å². The molecule has 0 radical (unpaired) electrons. The summed E-state index contributed by atoms with van der Waals surface area (Å²) >= 11 is 0. The number of hydrogen-bond acceptors (Lipinski definition) is 5. The molecule has 0 aromatic carbocycles. The first-order valence-corrected chi connectivity index (χ1v) is 10.4. The number of alkyl carbamates (subject to hydrolysis) is 1. The molecule has 150 valence electrons. The number of ether oxygens (including phenoxy) is 1. The molecule has 2 heterocycles. The maximum absolute atomic E-state index is 11.9. The van der Waals surface area contributed by atoms with E-state index >= 15 is 0 Å². The summed E-state index contributed by atoms with van der Waals surface area (Å²) in [5, 5.41) is 2.93. The van der Waals surface area contributed by atoms with E-state index in [0.717, 1.165) is 31.9 Å². The molecule has 1 amide bonds. The Morgan fingerprint density at radius 1 is 1.33 bits per heavy atom. The van der Waals surface area contributed by atoms with Gasteiger partial charge in [-0.05, 0) is 40.5 Å². The smallest absolute Gasteiger partial charge is 0.407 e. The molecule has 1 fully saturated rings. The third-order valence-corrected chi connectivity index (χ3v) is 5.30. The predicted molar refractivity (Wildman–Crippen MR) is 106 cm³/mol. The van der Waals surface area contributed by atoms with Crippen LogP contribution in [0.3, 0.4) is 0 Å². The molecule has 6 heteroatoms. The SMILES string of the molecule is CC(CN1CCc2nc(C3CCCCC3)ncc2C1)NC(=O)OC(C)(C)C. The van der Waals surface area contributed by atoms with E-state index in [9.17, 15) is 4.79 Å². The van der Waals surface area contributed by atoms with E-state index in [2.05, 4.69) is 10.2 Å². The molecule has 1 N–H and O–H groups in total. The third-order valence-electron chi connectivity index (χ3n) is 5.30. The van der Waals surface area contributed by atoms with Crippen molar-refractivity contribution in [3.8, 4) is 0 Å². The molecule has 0 saturated heterocycles. The van der Waals surface area contributed by atoms with Gasteiger partial charge in [-0.25, -0.2) is 14.8 Å². The number of rotatable bonds is 4.